The van der Waals surface area contributed by atoms with Crippen LogP contribution >= 0.6 is 0 Å². The minimum Gasteiger partial charge on any atom is -0.344 e. The van der Waals surface area contributed by atoms with Crippen LogP contribution in [0.3, 0.4) is 0 Å². The van der Waals surface area contributed by atoms with Crippen LogP contribution in [0.15, 0.2) is 79.0 Å². The Morgan fingerprint density at radius 1 is 0.706 bits per heavy atom. The number of nitrogens with zero attached hydrogens (tertiary/aromatic N) is 3. The average Bonchev–Trinajstić information content (AvgIpc) is 3.44. The lowest BCUT2D eigenvalue weighted by molar-refractivity contribution is 0.553. The maximum Gasteiger partial charge on any atom is 0.146 e. The van der Waals surface area contributed by atoms with Crippen LogP contribution in [0.4, 0.5) is 0 Å². The summed E-state index contributed by atoms with van der Waals surface area (Å²) in [6.07, 6.45) is 1.83. The topological polar surface area (TPSA) is 46.5 Å². The molecular formula is C30H32N4. The fourth-order valence-corrected chi connectivity index (χ4v) is 4.36. The van der Waals surface area contributed by atoms with Gasteiger partial charge in [-0.1, -0.05) is 65.8 Å². The summed E-state index contributed by atoms with van der Waals surface area (Å²) < 4.78 is 2.29. The zero-order chi connectivity index (χ0) is 24.1. The molecule has 0 radical (unpaired) electrons. The van der Waals surface area contributed by atoms with Gasteiger partial charge in [0.05, 0.1) is 11.4 Å². The standard InChI is InChI=1S/C30H32N4/c1-29(2,3)25-15-16-27(33-25)34-26(30(4,5)6)19-22-13-14-24(32-28(22)34)21-11-9-10-20(18-21)23-12-7-8-17-31-23/h7-19,33H,1-6H3. The summed E-state index contributed by atoms with van der Waals surface area (Å²) in [5.41, 5.74) is 7.51. The van der Waals surface area contributed by atoms with E-state index in [0.717, 1.165) is 39.4 Å². The van der Waals surface area contributed by atoms with Crippen LogP contribution in [-0.4, -0.2) is 19.5 Å². The molecule has 0 saturated carbocycles. The van der Waals surface area contributed by atoms with Gasteiger partial charge < -0.3 is 4.98 Å². The Balaban J connectivity index is 1.68. The van der Waals surface area contributed by atoms with Crippen LogP contribution in [0.2, 0.25) is 0 Å². The van der Waals surface area contributed by atoms with E-state index in [0.29, 0.717) is 0 Å². The van der Waals surface area contributed by atoms with Crippen molar-refractivity contribution in [3.8, 4) is 28.3 Å². The molecule has 0 aliphatic heterocycles. The molecule has 0 bridgehead atoms. The van der Waals surface area contributed by atoms with Crippen molar-refractivity contribution in [2.24, 2.45) is 0 Å². The zero-order valence-electron chi connectivity index (χ0n) is 20.8. The van der Waals surface area contributed by atoms with E-state index in [1.54, 1.807) is 0 Å². The first-order chi connectivity index (χ1) is 16.1. The minimum atomic E-state index is -0.0350. The van der Waals surface area contributed by atoms with Gasteiger partial charge in [0.15, 0.2) is 0 Å². The predicted molar refractivity (Wildman–Crippen MR) is 141 cm³/mol. The number of fused-ring (bicyclic) bond motifs is 1. The molecule has 172 valence electrons. The first kappa shape index (κ1) is 22.1. The molecule has 5 rings (SSSR count). The summed E-state index contributed by atoms with van der Waals surface area (Å²) in [6.45, 7) is 13.4. The van der Waals surface area contributed by atoms with E-state index in [4.69, 9.17) is 4.98 Å². The van der Waals surface area contributed by atoms with Gasteiger partial charge in [-0.2, -0.15) is 0 Å². The predicted octanol–water partition coefficient (Wildman–Crippen LogP) is 7.68. The molecule has 34 heavy (non-hydrogen) atoms. The minimum absolute atomic E-state index is 0.0350. The summed E-state index contributed by atoms with van der Waals surface area (Å²) in [4.78, 5) is 13.4. The summed E-state index contributed by atoms with van der Waals surface area (Å²) in [7, 11) is 0. The van der Waals surface area contributed by atoms with Crippen molar-refractivity contribution < 1.29 is 0 Å². The maximum atomic E-state index is 5.18. The first-order valence-electron chi connectivity index (χ1n) is 11.9. The molecule has 4 heteroatoms. The molecule has 4 aromatic heterocycles. The molecule has 0 fully saturated rings. The van der Waals surface area contributed by atoms with E-state index >= 15 is 0 Å². The fraction of sp³-hybridized carbons (Fsp3) is 0.267. The van der Waals surface area contributed by atoms with Crippen LogP contribution in [0.1, 0.15) is 52.9 Å². The molecule has 0 amide bonds. The van der Waals surface area contributed by atoms with Gasteiger partial charge in [-0.3, -0.25) is 9.55 Å². The number of aromatic amines is 1. The van der Waals surface area contributed by atoms with Gasteiger partial charge in [-0.25, -0.2) is 4.98 Å². The molecule has 0 aliphatic rings. The van der Waals surface area contributed by atoms with E-state index in [1.165, 1.54) is 11.4 Å². The van der Waals surface area contributed by atoms with Crippen LogP contribution in [0.25, 0.3) is 39.4 Å². The Morgan fingerprint density at radius 2 is 1.47 bits per heavy atom. The molecule has 0 saturated heterocycles. The second kappa shape index (κ2) is 7.98. The van der Waals surface area contributed by atoms with Crippen molar-refractivity contribution in [1.82, 2.24) is 19.5 Å². The molecule has 1 aromatic carbocycles. The Kier molecular flexibility index (Phi) is 5.20. The van der Waals surface area contributed by atoms with Crippen LogP contribution < -0.4 is 0 Å². The highest BCUT2D eigenvalue weighted by Crippen LogP contribution is 2.34. The highest BCUT2D eigenvalue weighted by molar-refractivity contribution is 5.83. The molecule has 1 N–H and O–H groups in total. The highest BCUT2D eigenvalue weighted by atomic mass is 15.1. The van der Waals surface area contributed by atoms with Crippen LogP contribution in [0, 0.1) is 0 Å². The lowest BCUT2D eigenvalue weighted by atomic mass is 9.92. The normalized spacial score (nSPS) is 12.4. The smallest absolute Gasteiger partial charge is 0.146 e. The Morgan fingerprint density at radius 3 is 2.12 bits per heavy atom. The number of aromatic nitrogens is 4. The Bertz CT molecular complexity index is 1460. The van der Waals surface area contributed by atoms with Crippen molar-refractivity contribution in [2.45, 2.75) is 52.4 Å². The van der Waals surface area contributed by atoms with Crippen molar-refractivity contribution >= 4 is 11.0 Å². The summed E-state index contributed by atoms with van der Waals surface area (Å²) in [5, 5.41) is 1.14. The number of H-pyrrole nitrogens is 1. The maximum absolute atomic E-state index is 5.18. The monoisotopic (exact) mass is 448 g/mol. The van der Waals surface area contributed by atoms with E-state index in [-0.39, 0.29) is 10.8 Å². The second-order valence-corrected chi connectivity index (χ2v) is 11.0. The van der Waals surface area contributed by atoms with Gasteiger partial charge in [-0.05, 0) is 48.5 Å². The number of hydrogen-bond donors (Lipinski definition) is 1. The molecule has 4 heterocycles. The summed E-state index contributed by atoms with van der Waals surface area (Å²) >= 11 is 0. The third kappa shape index (κ3) is 4.05. The van der Waals surface area contributed by atoms with Crippen LogP contribution in [-0.2, 0) is 10.8 Å². The lowest BCUT2D eigenvalue weighted by Crippen LogP contribution is -2.17. The third-order valence-electron chi connectivity index (χ3n) is 6.26. The van der Waals surface area contributed by atoms with Crippen molar-refractivity contribution in [1.29, 1.82) is 0 Å². The van der Waals surface area contributed by atoms with Gasteiger partial charge in [0.2, 0.25) is 0 Å². The van der Waals surface area contributed by atoms with Gasteiger partial charge in [0.25, 0.3) is 0 Å². The zero-order valence-corrected chi connectivity index (χ0v) is 20.8. The van der Waals surface area contributed by atoms with Crippen molar-refractivity contribution in [3.05, 3.63) is 90.4 Å². The van der Waals surface area contributed by atoms with E-state index < -0.39 is 0 Å². The number of nitrogens with one attached hydrogen (secondary N) is 1. The molecule has 0 aliphatic carbocycles. The quantitative estimate of drug-likeness (QED) is 0.308. The second-order valence-electron chi connectivity index (χ2n) is 11.0. The van der Waals surface area contributed by atoms with E-state index in [1.807, 2.05) is 24.4 Å². The Hall–Kier alpha value is -3.66. The number of hydrogen-bond acceptors (Lipinski definition) is 2. The third-order valence-corrected chi connectivity index (χ3v) is 6.26. The fourth-order valence-electron chi connectivity index (χ4n) is 4.36. The summed E-state index contributed by atoms with van der Waals surface area (Å²) in [5.74, 6) is 1.05. The van der Waals surface area contributed by atoms with E-state index in [9.17, 15) is 0 Å². The van der Waals surface area contributed by atoms with Gasteiger partial charge in [-0.15, -0.1) is 0 Å². The SMILES string of the molecule is CC(C)(C)c1ccc(-n2c(C(C)(C)C)cc3ccc(-c4cccc(-c5ccccn5)c4)nc32)[nH]1. The average molecular weight is 449 g/mol. The van der Waals surface area contributed by atoms with Crippen LogP contribution in [0.5, 0.6) is 0 Å². The number of benzene rings is 1. The summed E-state index contributed by atoms with van der Waals surface area (Å²) in [6, 6.07) is 25.4. The first-order valence-corrected chi connectivity index (χ1v) is 11.9. The van der Waals surface area contributed by atoms with Crippen molar-refractivity contribution in [2.75, 3.05) is 0 Å². The largest absolute Gasteiger partial charge is 0.344 e. The molecule has 0 unspecified atom stereocenters. The lowest BCUT2D eigenvalue weighted by Gasteiger charge is -2.22. The number of pyridine rings is 2. The molecular weight excluding hydrogens is 416 g/mol. The van der Waals surface area contributed by atoms with Gasteiger partial charge in [0.1, 0.15) is 11.5 Å². The molecule has 0 spiro atoms. The van der Waals surface area contributed by atoms with Gasteiger partial charge in [0, 0.05) is 44.9 Å². The molecule has 4 nitrogen and oxygen atoms in total. The molecule has 5 aromatic rings. The van der Waals surface area contributed by atoms with E-state index in [2.05, 4.69) is 111 Å². The van der Waals surface area contributed by atoms with Gasteiger partial charge >= 0.3 is 0 Å². The Labute approximate surface area is 201 Å². The highest BCUT2D eigenvalue weighted by Gasteiger charge is 2.25. The molecule has 0 atom stereocenters. The number of rotatable bonds is 3. The van der Waals surface area contributed by atoms with Crippen molar-refractivity contribution in [3.63, 3.8) is 0 Å².